The maximum Gasteiger partial charge on any atom is 0.139 e. The lowest BCUT2D eigenvalue weighted by Crippen LogP contribution is -2.32. The number of hydrogen-bond acceptors (Lipinski definition) is 1. The molecule has 0 N–H and O–H groups in total. The fourth-order valence-corrected chi connectivity index (χ4v) is 11.4. The van der Waals surface area contributed by atoms with E-state index in [-0.39, 0.29) is 5.41 Å². The molecule has 0 saturated heterocycles. The van der Waals surface area contributed by atoms with Crippen molar-refractivity contribution in [2.45, 2.75) is 19.3 Å². The van der Waals surface area contributed by atoms with Crippen LogP contribution in [0, 0.1) is 0 Å². The van der Waals surface area contributed by atoms with Crippen LogP contribution in [0.15, 0.2) is 160 Å². The van der Waals surface area contributed by atoms with E-state index in [9.17, 15) is 0 Å². The molecule has 1 aliphatic heterocycles. The van der Waals surface area contributed by atoms with Gasteiger partial charge in [-0.05, 0) is 59.3 Å². The van der Waals surface area contributed by atoms with E-state index in [0.717, 1.165) is 33.8 Å². The molecule has 0 spiro atoms. The molecule has 0 aliphatic carbocycles. The van der Waals surface area contributed by atoms with E-state index in [4.69, 9.17) is 4.74 Å². The summed E-state index contributed by atoms with van der Waals surface area (Å²) in [4.78, 5) is 0. The summed E-state index contributed by atoms with van der Waals surface area (Å²) in [5, 5.41) is 7.46. The first-order valence-corrected chi connectivity index (χ1v) is 19.5. The van der Waals surface area contributed by atoms with Crippen molar-refractivity contribution in [3.05, 3.63) is 193 Å². The lowest BCUT2D eigenvalue weighted by molar-refractivity contribution is 0.425. The predicted octanol–water partition coefficient (Wildman–Crippen LogP) is 10.2. The van der Waals surface area contributed by atoms with Gasteiger partial charge in [-0.2, -0.15) is 0 Å². The molecular weight excluding hydrogens is 642 g/mol. The Morgan fingerprint density at radius 1 is 0.420 bits per heavy atom. The van der Waals surface area contributed by atoms with E-state index in [1.807, 2.05) is 24.3 Å². The fraction of sp³-hybridized carbons (Fsp3) is 0.0638. The highest BCUT2D eigenvalue weighted by Crippen LogP contribution is 2.52. The molecule has 0 unspecified atom stereocenters. The molecular formula is C47H40OP2. The zero-order valence-electron chi connectivity index (χ0n) is 28.6. The van der Waals surface area contributed by atoms with E-state index in [0.29, 0.717) is 0 Å². The molecule has 0 bridgehead atoms. The third-order valence-corrected chi connectivity index (χ3v) is 14.5. The molecule has 6 aromatic rings. The molecule has 1 heterocycles. The summed E-state index contributed by atoms with van der Waals surface area (Å²) in [6.45, 7) is 20.6. The molecule has 3 heteroatoms. The van der Waals surface area contributed by atoms with Crippen molar-refractivity contribution in [2.24, 2.45) is 0 Å². The number of fused-ring (bicyclic) bond motifs is 2. The number of benzene rings is 6. The summed E-state index contributed by atoms with van der Waals surface area (Å²) in [6.07, 6.45) is 7.59. The van der Waals surface area contributed by atoms with Crippen LogP contribution in [0.3, 0.4) is 0 Å². The van der Waals surface area contributed by atoms with Crippen molar-refractivity contribution >= 4 is 72.0 Å². The maximum absolute atomic E-state index is 7.37. The minimum Gasteiger partial charge on any atom is -0.455 e. The zero-order valence-corrected chi connectivity index (χ0v) is 30.4. The Bertz CT molecular complexity index is 1950. The Kier molecular flexibility index (Phi) is 9.40. The van der Waals surface area contributed by atoms with Crippen LogP contribution >= 0.6 is 15.8 Å². The smallest absolute Gasteiger partial charge is 0.139 e. The van der Waals surface area contributed by atoms with E-state index < -0.39 is 15.8 Å². The van der Waals surface area contributed by atoms with Gasteiger partial charge in [0.05, 0.1) is 0 Å². The topological polar surface area (TPSA) is 9.23 Å². The average Bonchev–Trinajstić information content (AvgIpc) is 3.16. The maximum atomic E-state index is 7.37. The van der Waals surface area contributed by atoms with Crippen molar-refractivity contribution in [3.8, 4) is 11.5 Å². The van der Waals surface area contributed by atoms with Crippen LogP contribution < -0.4 is 36.6 Å². The third-order valence-electron chi connectivity index (χ3n) is 9.57. The van der Waals surface area contributed by atoms with E-state index in [1.54, 1.807) is 0 Å². The SMILES string of the molecule is C=Cc1ccc(P(c2ccc(C=C)cc2)c2cccc3c2Oc2c(P(c4ccc(C=C)cc4)c4ccc(C=C)cc4)cccc2C3(C)C)cc1. The van der Waals surface area contributed by atoms with Crippen molar-refractivity contribution in [3.63, 3.8) is 0 Å². The normalized spacial score (nSPS) is 12.8. The molecule has 0 saturated carbocycles. The van der Waals surface area contributed by atoms with Crippen LogP contribution in [0.2, 0.25) is 0 Å². The lowest BCUT2D eigenvalue weighted by Gasteiger charge is -2.38. The predicted molar refractivity (Wildman–Crippen MR) is 223 cm³/mol. The van der Waals surface area contributed by atoms with Gasteiger partial charge < -0.3 is 4.74 Å². The molecule has 0 radical (unpaired) electrons. The Morgan fingerprint density at radius 2 is 0.700 bits per heavy atom. The molecule has 0 fully saturated rings. The molecule has 1 nitrogen and oxygen atoms in total. The molecule has 0 amide bonds. The summed E-state index contributed by atoms with van der Waals surface area (Å²) < 4.78 is 7.37. The average molecular weight is 683 g/mol. The van der Waals surface area contributed by atoms with Crippen molar-refractivity contribution in [2.75, 3.05) is 0 Å². The Morgan fingerprint density at radius 3 is 0.960 bits per heavy atom. The molecule has 7 rings (SSSR count). The van der Waals surface area contributed by atoms with Crippen molar-refractivity contribution in [1.82, 2.24) is 0 Å². The lowest BCUT2D eigenvalue weighted by atomic mass is 9.76. The molecule has 1 aliphatic rings. The summed E-state index contributed by atoms with van der Waals surface area (Å²) in [5.41, 5.74) is 6.52. The highest BCUT2D eigenvalue weighted by Gasteiger charge is 2.39. The first-order chi connectivity index (χ1) is 24.4. The standard InChI is InChI=1S/C47H40OP2/c1-7-33-17-25-37(26-18-33)49(38-27-19-34(8-2)20-28-38)43-15-11-13-41-45(43)48-46-42(47(41,5)6)14-12-16-44(46)50(39-29-21-35(9-3)22-30-39)40-31-23-36(10-4)24-32-40/h7-32H,1-4H2,5-6H3. The van der Waals surface area contributed by atoms with Crippen LogP contribution in [-0.2, 0) is 5.41 Å². The van der Waals surface area contributed by atoms with E-state index in [1.165, 1.54) is 43.0 Å². The van der Waals surface area contributed by atoms with Gasteiger partial charge in [0.15, 0.2) is 0 Å². The first-order valence-electron chi connectivity index (χ1n) is 16.8. The summed E-state index contributed by atoms with van der Waals surface area (Å²) in [5.74, 6) is 1.92. The number of rotatable bonds is 10. The Balaban J connectivity index is 1.44. The van der Waals surface area contributed by atoms with Crippen LogP contribution in [-0.4, -0.2) is 0 Å². The fourth-order valence-electron chi connectivity index (χ4n) is 6.74. The second kappa shape index (κ2) is 14.0. The van der Waals surface area contributed by atoms with Gasteiger partial charge in [0, 0.05) is 27.2 Å². The minimum atomic E-state index is -0.957. The van der Waals surface area contributed by atoms with E-state index >= 15 is 0 Å². The van der Waals surface area contributed by atoms with Gasteiger partial charge in [-0.25, -0.2) is 0 Å². The van der Waals surface area contributed by atoms with Gasteiger partial charge in [0.2, 0.25) is 0 Å². The number of hydrogen-bond donors (Lipinski definition) is 0. The summed E-state index contributed by atoms with van der Waals surface area (Å²) >= 11 is 0. The van der Waals surface area contributed by atoms with Crippen LogP contribution in [0.1, 0.15) is 47.2 Å². The largest absolute Gasteiger partial charge is 0.455 e. The van der Waals surface area contributed by atoms with Crippen LogP contribution in [0.25, 0.3) is 24.3 Å². The van der Waals surface area contributed by atoms with Gasteiger partial charge in [0.1, 0.15) is 11.5 Å². The van der Waals surface area contributed by atoms with Crippen LogP contribution in [0.4, 0.5) is 0 Å². The summed E-state index contributed by atoms with van der Waals surface area (Å²) in [6, 6.07) is 48.7. The van der Waals surface area contributed by atoms with Gasteiger partial charge in [-0.1, -0.05) is 198 Å². The monoisotopic (exact) mass is 682 g/mol. The van der Waals surface area contributed by atoms with Gasteiger partial charge in [-0.3, -0.25) is 0 Å². The Labute approximate surface area is 299 Å². The second-order valence-corrected chi connectivity index (χ2v) is 17.3. The highest BCUT2D eigenvalue weighted by atomic mass is 31.1. The number of ether oxygens (including phenoxy) is 1. The van der Waals surface area contributed by atoms with Gasteiger partial charge in [-0.15, -0.1) is 0 Å². The van der Waals surface area contributed by atoms with Gasteiger partial charge >= 0.3 is 0 Å². The van der Waals surface area contributed by atoms with E-state index in [2.05, 4.69) is 174 Å². The third kappa shape index (κ3) is 6.14. The summed E-state index contributed by atoms with van der Waals surface area (Å²) in [7, 11) is -1.91. The highest BCUT2D eigenvalue weighted by molar-refractivity contribution is 7.80. The van der Waals surface area contributed by atoms with Crippen molar-refractivity contribution in [1.29, 1.82) is 0 Å². The Hall–Kier alpha value is -5.06. The quantitative estimate of drug-likeness (QED) is 0.131. The minimum absolute atomic E-state index is 0.296. The zero-order chi connectivity index (χ0) is 34.8. The van der Waals surface area contributed by atoms with Gasteiger partial charge in [0.25, 0.3) is 0 Å². The number of para-hydroxylation sites is 2. The molecule has 6 aromatic carbocycles. The molecule has 0 atom stereocenters. The van der Waals surface area contributed by atoms with Crippen molar-refractivity contribution < 1.29 is 4.74 Å². The molecule has 50 heavy (non-hydrogen) atoms. The molecule has 244 valence electrons. The molecule has 0 aromatic heterocycles. The second-order valence-electron chi connectivity index (χ2n) is 12.9. The van der Waals surface area contributed by atoms with Crippen LogP contribution in [0.5, 0.6) is 11.5 Å². The first kappa shape index (κ1) is 33.4.